The van der Waals surface area contributed by atoms with Crippen molar-refractivity contribution in [2.75, 3.05) is 0 Å². The zero-order chi connectivity index (χ0) is 24.5. The van der Waals surface area contributed by atoms with E-state index in [1.807, 2.05) is 0 Å². The highest BCUT2D eigenvalue weighted by molar-refractivity contribution is 5.30. The molecule has 2 aromatic heterocycles. The second-order valence-corrected chi connectivity index (χ2v) is 7.91. The van der Waals surface area contributed by atoms with Crippen LogP contribution in [0.5, 0.6) is 0 Å². The number of halogens is 5. The number of hydrogen-bond donors (Lipinski definition) is 1. The molecular formula is C22H19F5N6O. The van der Waals surface area contributed by atoms with Gasteiger partial charge in [-0.25, -0.2) is 13.5 Å². The highest BCUT2D eigenvalue weighted by Crippen LogP contribution is 2.39. The molecule has 0 spiro atoms. The maximum atomic E-state index is 14.7. The molecule has 0 unspecified atom stereocenters. The second-order valence-electron chi connectivity index (χ2n) is 7.91. The zero-order valence-electron chi connectivity index (χ0n) is 17.8. The van der Waals surface area contributed by atoms with E-state index < -0.39 is 34.9 Å². The molecule has 12 heteroatoms. The van der Waals surface area contributed by atoms with Gasteiger partial charge in [0.2, 0.25) is 0 Å². The van der Waals surface area contributed by atoms with Gasteiger partial charge in [-0.1, -0.05) is 25.1 Å². The topological polar surface area (TPSA) is 81.6 Å². The lowest BCUT2D eigenvalue weighted by atomic mass is 9.80. The largest absolute Gasteiger partial charge is 0.416 e. The number of nitrogens with zero attached hydrogens (tertiary/aromatic N) is 6. The van der Waals surface area contributed by atoms with E-state index >= 15 is 0 Å². The average Bonchev–Trinajstić information content (AvgIpc) is 3.45. The Morgan fingerprint density at radius 2 is 1.74 bits per heavy atom. The summed E-state index contributed by atoms with van der Waals surface area (Å²) in [7, 11) is 0. The van der Waals surface area contributed by atoms with Crippen LogP contribution in [0.4, 0.5) is 22.0 Å². The number of hydrogen-bond acceptors (Lipinski definition) is 5. The van der Waals surface area contributed by atoms with E-state index in [0.717, 1.165) is 24.3 Å². The van der Waals surface area contributed by atoms with Gasteiger partial charge in [0.15, 0.2) is 0 Å². The molecule has 178 valence electrons. The Hall–Kier alpha value is -3.67. The monoisotopic (exact) mass is 478 g/mol. The first-order valence-electron chi connectivity index (χ1n) is 10.1. The fourth-order valence-corrected chi connectivity index (χ4v) is 3.72. The minimum atomic E-state index is -4.42. The molecule has 2 aromatic carbocycles. The fourth-order valence-electron chi connectivity index (χ4n) is 3.72. The molecule has 4 rings (SSSR count). The van der Waals surface area contributed by atoms with E-state index in [9.17, 15) is 27.1 Å². The van der Waals surface area contributed by atoms with Gasteiger partial charge >= 0.3 is 6.18 Å². The van der Waals surface area contributed by atoms with Crippen LogP contribution < -0.4 is 0 Å². The van der Waals surface area contributed by atoms with Crippen LogP contribution in [-0.2, 0) is 24.9 Å². The van der Waals surface area contributed by atoms with Crippen molar-refractivity contribution in [3.8, 4) is 0 Å². The number of aliphatic hydroxyl groups is 1. The fraction of sp³-hybridized carbons (Fsp3) is 0.273. The average molecular weight is 478 g/mol. The smallest absolute Gasteiger partial charge is 0.382 e. The van der Waals surface area contributed by atoms with Crippen molar-refractivity contribution in [3.05, 3.63) is 95.1 Å². The van der Waals surface area contributed by atoms with E-state index in [4.69, 9.17) is 0 Å². The molecule has 0 radical (unpaired) electrons. The van der Waals surface area contributed by atoms with Crippen LogP contribution in [-0.4, -0.2) is 35.1 Å². The van der Waals surface area contributed by atoms with Crippen molar-refractivity contribution < 1.29 is 27.1 Å². The van der Waals surface area contributed by atoms with Gasteiger partial charge in [0.05, 0.1) is 24.3 Å². The SMILES string of the molecule is C[C@@H](c1ccn(Cc2ccc(C(F)(F)F)cc2)n1)[C@](O)(Cn1cnnn1)c1ccc(F)cc1F. The molecule has 0 fully saturated rings. The highest BCUT2D eigenvalue weighted by Gasteiger charge is 2.41. The third-order valence-corrected chi connectivity index (χ3v) is 5.64. The summed E-state index contributed by atoms with van der Waals surface area (Å²) in [5.41, 5.74) is -1.84. The molecular weight excluding hydrogens is 459 g/mol. The summed E-state index contributed by atoms with van der Waals surface area (Å²) in [5, 5.41) is 26.8. The third kappa shape index (κ3) is 4.81. The molecule has 0 aliphatic heterocycles. The molecule has 7 nitrogen and oxygen atoms in total. The first-order valence-corrected chi connectivity index (χ1v) is 10.1. The van der Waals surface area contributed by atoms with Gasteiger partial charge in [-0.15, -0.1) is 5.10 Å². The van der Waals surface area contributed by atoms with Crippen molar-refractivity contribution in [2.45, 2.75) is 37.7 Å². The van der Waals surface area contributed by atoms with Gasteiger partial charge < -0.3 is 5.11 Å². The number of tetrazole rings is 1. The molecule has 4 aromatic rings. The molecule has 0 bridgehead atoms. The van der Waals surface area contributed by atoms with Gasteiger partial charge in [-0.05, 0) is 40.3 Å². The molecule has 34 heavy (non-hydrogen) atoms. The van der Waals surface area contributed by atoms with Crippen LogP contribution in [0.2, 0.25) is 0 Å². The first-order chi connectivity index (χ1) is 16.1. The second kappa shape index (κ2) is 8.93. The van der Waals surface area contributed by atoms with Gasteiger partial charge in [0.25, 0.3) is 0 Å². The van der Waals surface area contributed by atoms with Crippen molar-refractivity contribution in [1.82, 2.24) is 30.0 Å². The lowest BCUT2D eigenvalue weighted by Gasteiger charge is -2.33. The van der Waals surface area contributed by atoms with E-state index in [-0.39, 0.29) is 18.7 Å². The number of alkyl halides is 3. The van der Waals surface area contributed by atoms with Crippen molar-refractivity contribution in [3.63, 3.8) is 0 Å². The summed E-state index contributed by atoms with van der Waals surface area (Å²) < 4.78 is 69.2. The van der Waals surface area contributed by atoms with E-state index in [1.54, 1.807) is 19.2 Å². The molecule has 0 aliphatic carbocycles. The van der Waals surface area contributed by atoms with Crippen LogP contribution in [0.3, 0.4) is 0 Å². The molecule has 0 saturated heterocycles. The Morgan fingerprint density at radius 1 is 1.00 bits per heavy atom. The quantitative estimate of drug-likeness (QED) is 0.408. The summed E-state index contributed by atoms with van der Waals surface area (Å²) in [6.45, 7) is 1.56. The summed E-state index contributed by atoms with van der Waals surface area (Å²) in [5.74, 6) is -2.53. The number of benzene rings is 2. The molecule has 0 aliphatic rings. The Balaban J connectivity index is 1.62. The van der Waals surface area contributed by atoms with Crippen LogP contribution in [0.15, 0.2) is 61.1 Å². The predicted octanol–water partition coefficient (Wildman–Crippen LogP) is 3.91. The van der Waals surface area contributed by atoms with Crippen molar-refractivity contribution in [2.24, 2.45) is 0 Å². The van der Waals surface area contributed by atoms with Crippen LogP contribution in [0, 0.1) is 11.6 Å². The maximum absolute atomic E-state index is 14.7. The van der Waals surface area contributed by atoms with Gasteiger partial charge in [0.1, 0.15) is 23.6 Å². The third-order valence-electron chi connectivity index (χ3n) is 5.64. The van der Waals surface area contributed by atoms with Gasteiger partial charge in [-0.3, -0.25) is 4.68 Å². The molecule has 2 heterocycles. The Bertz CT molecular complexity index is 1260. The highest BCUT2D eigenvalue weighted by atomic mass is 19.4. The molecule has 0 amide bonds. The van der Waals surface area contributed by atoms with Crippen molar-refractivity contribution in [1.29, 1.82) is 0 Å². The lowest BCUT2D eigenvalue weighted by molar-refractivity contribution is -0.137. The summed E-state index contributed by atoms with van der Waals surface area (Å²) in [6, 6.07) is 9.18. The predicted molar refractivity (Wildman–Crippen MR) is 109 cm³/mol. The van der Waals surface area contributed by atoms with Crippen molar-refractivity contribution >= 4 is 0 Å². The lowest BCUT2D eigenvalue weighted by Crippen LogP contribution is -2.38. The summed E-state index contributed by atoms with van der Waals surface area (Å²) in [6.07, 6.45) is -1.57. The molecule has 0 saturated carbocycles. The Kier molecular flexibility index (Phi) is 6.17. The summed E-state index contributed by atoms with van der Waals surface area (Å²) in [4.78, 5) is 0. The van der Waals surface area contributed by atoms with E-state index in [1.165, 1.54) is 27.8 Å². The Labute approximate surface area is 190 Å². The molecule has 1 N–H and O–H groups in total. The first kappa shape index (κ1) is 23.5. The normalized spacial score (nSPS) is 14.7. The number of rotatable bonds is 7. The van der Waals surface area contributed by atoms with Crippen LogP contribution in [0.25, 0.3) is 0 Å². The van der Waals surface area contributed by atoms with E-state index in [2.05, 4.69) is 20.6 Å². The summed E-state index contributed by atoms with van der Waals surface area (Å²) >= 11 is 0. The van der Waals surface area contributed by atoms with Gasteiger partial charge in [0, 0.05) is 23.7 Å². The molecule has 2 atom stereocenters. The van der Waals surface area contributed by atoms with Crippen LogP contribution >= 0.6 is 0 Å². The number of aromatic nitrogens is 6. The Morgan fingerprint density at radius 3 is 2.35 bits per heavy atom. The minimum Gasteiger partial charge on any atom is -0.382 e. The van der Waals surface area contributed by atoms with Gasteiger partial charge in [-0.2, -0.15) is 18.3 Å². The maximum Gasteiger partial charge on any atom is 0.416 e. The standard InChI is InChI=1S/C22H19F5N6O/c1-14(20-8-9-32(29-20)11-15-2-4-16(5-3-15)22(25,26)27)21(34,12-33-13-28-30-31-33)18-7-6-17(23)10-19(18)24/h2-10,13-14,34H,11-12H2,1H3/t14-,21+/m0/s1. The zero-order valence-corrected chi connectivity index (χ0v) is 17.8. The van der Waals surface area contributed by atoms with E-state index in [0.29, 0.717) is 17.3 Å². The van der Waals surface area contributed by atoms with Crippen LogP contribution in [0.1, 0.15) is 35.2 Å². The minimum absolute atomic E-state index is 0.158.